The van der Waals surface area contributed by atoms with Crippen LogP contribution in [0, 0.1) is 11.3 Å². The molecule has 3 rings (SSSR count). The van der Waals surface area contributed by atoms with E-state index in [1.807, 2.05) is 0 Å². The number of furan rings is 1. The molecule has 0 fully saturated rings. The van der Waals surface area contributed by atoms with E-state index in [4.69, 9.17) is 19.7 Å². The fourth-order valence-electron chi connectivity index (χ4n) is 2.10. The monoisotopic (exact) mass is 237 g/mol. The Kier molecular flexibility index (Phi) is 2.34. The van der Waals surface area contributed by atoms with Crippen LogP contribution in [0.2, 0.25) is 0 Å². The van der Waals surface area contributed by atoms with Crippen LogP contribution in [0.5, 0.6) is 0 Å². The molecule has 4 nitrogen and oxygen atoms in total. The number of benzene rings is 2. The molecule has 0 unspecified atom stereocenters. The Hall–Kier alpha value is -2.29. The van der Waals surface area contributed by atoms with Crippen molar-refractivity contribution in [2.24, 2.45) is 0 Å². The summed E-state index contributed by atoms with van der Waals surface area (Å²) in [5, 5.41) is 28.9. The van der Waals surface area contributed by atoms with Gasteiger partial charge in [-0.05, 0) is 23.7 Å². The highest BCUT2D eigenvalue weighted by molar-refractivity contribution is 6.58. The van der Waals surface area contributed by atoms with E-state index >= 15 is 0 Å². The molecule has 0 spiro atoms. The van der Waals surface area contributed by atoms with Crippen molar-refractivity contribution in [2.45, 2.75) is 0 Å². The highest BCUT2D eigenvalue weighted by atomic mass is 16.4. The first-order valence-corrected chi connectivity index (χ1v) is 5.42. The van der Waals surface area contributed by atoms with Gasteiger partial charge in [0.15, 0.2) is 0 Å². The van der Waals surface area contributed by atoms with Crippen LogP contribution in [0.4, 0.5) is 0 Å². The van der Waals surface area contributed by atoms with Crippen molar-refractivity contribution in [3.63, 3.8) is 0 Å². The van der Waals surface area contributed by atoms with Crippen LogP contribution in [0.25, 0.3) is 21.9 Å². The molecule has 1 aromatic heterocycles. The van der Waals surface area contributed by atoms with Crippen molar-refractivity contribution in [3.05, 3.63) is 42.0 Å². The fraction of sp³-hybridized carbons (Fsp3) is 0. The average Bonchev–Trinajstić information content (AvgIpc) is 2.75. The van der Waals surface area contributed by atoms with E-state index in [9.17, 15) is 0 Å². The second kappa shape index (κ2) is 3.88. The lowest BCUT2D eigenvalue weighted by Gasteiger charge is -1.97. The lowest BCUT2D eigenvalue weighted by molar-refractivity contribution is 0.425. The molecular formula is C13H8BNO3. The Morgan fingerprint density at radius 1 is 1.11 bits per heavy atom. The predicted molar refractivity (Wildman–Crippen MR) is 68.3 cm³/mol. The molecule has 0 saturated heterocycles. The maximum atomic E-state index is 9.12. The Morgan fingerprint density at radius 2 is 1.94 bits per heavy atom. The minimum absolute atomic E-state index is 0.361. The molecule has 0 radical (unpaired) electrons. The molecule has 3 aromatic rings. The molecule has 5 heteroatoms. The Labute approximate surface area is 103 Å². The number of fused-ring (bicyclic) bond motifs is 3. The van der Waals surface area contributed by atoms with Gasteiger partial charge >= 0.3 is 7.12 Å². The van der Waals surface area contributed by atoms with Gasteiger partial charge in [-0.25, -0.2) is 0 Å². The number of hydrogen-bond acceptors (Lipinski definition) is 4. The van der Waals surface area contributed by atoms with Crippen LogP contribution in [0.3, 0.4) is 0 Å². The maximum Gasteiger partial charge on any atom is 0.488 e. The maximum absolute atomic E-state index is 9.12. The lowest BCUT2D eigenvalue weighted by Crippen LogP contribution is -2.29. The molecular weight excluding hydrogens is 229 g/mol. The molecule has 18 heavy (non-hydrogen) atoms. The van der Waals surface area contributed by atoms with E-state index in [0.717, 1.165) is 10.8 Å². The molecule has 0 amide bonds. The highest BCUT2D eigenvalue weighted by Gasteiger charge is 2.15. The molecule has 0 aliphatic heterocycles. The van der Waals surface area contributed by atoms with E-state index in [-0.39, 0.29) is 0 Å². The van der Waals surface area contributed by atoms with Crippen molar-refractivity contribution in [1.82, 2.24) is 0 Å². The summed E-state index contributed by atoms with van der Waals surface area (Å²) in [6.07, 6.45) is 0. The predicted octanol–water partition coefficient (Wildman–Crippen LogP) is 1.14. The number of hydrogen-bond donors (Lipinski definition) is 2. The summed E-state index contributed by atoms with van der Waals surface area (Å²) in [5.41, 5.74) is 2.07. The third-order valence-corrected chi connectivity index (χ3v) is 2.94. The number of rotatable bonds is 1. The Morgan fingerprint density at radius 3 is 2.67 bits per heavy atom. The van der Waals surface area contributed by atoms with Crippen LogP contribution >= 0.6 is 0 Å². The van der Waals surface area contributed by atoms with Gasteiger partial charge in [0, 0.05) is 10.8 Å². The summed E-state index contributed by atoms with van der Waals surface area (Å²) < 4.78 is 5.61. The zero-order valence-electron chi connectivity index (χ0n) is 9.29. The van der Waals surface area contributed by atoms with Gasteiger partial charge in [0.1, 0.15) is 11.2 Å². The minimum atomic E-state index is -1.53. The number of nitriles is 1. The van der Waals surface area contributed by atoms with Crippen LogP contribution in [-0.4, -0.2) is 17.2 Å². The molecule has 0 aliphatic rings. The van der Waals surface area contributed by atoms with Gasteiger partial charge in [-0.15, -0.1) is 0 Å². The van der Waals surface area contributed by atoms with E-state index in [0.29, 0.717) is 22.2 Å². The Bertz CT molecular complexity index is 786. The second-order valence-corrected chi connectivity index (χ2v) is 4.02. The van der Waals surface area contributed by atoms with Gasteiger partial charge in [0.2, 0.25) is 0 Å². The first-order valence-electron chi connectivity index (χ1n) is 5.42. The van der Waals surface area contributed by atoms with Crippen LogP contribution < -0.4 is 5.46 Å². The average molecular weight is 237 g/mol. The van der Waals surface area contributed by atoms with Crippen molar-refractivity contribution in [2.75, 3.05) is 0 Å². The molecule has 0 atom stereocenters. The summed E-state index contributed by atoms with van der Waals surface area (Å²) in [4.78, 5) is 0. The first-order chi connectivity index (χ1) is 8.70. The highest BCUT2D eigenvalue weighted by Crippen LogP contribution is 2.30. The SMILES string of the molecule is N#Cc1cccc2oc3cc(B(O)O)ccc3c12. The standard InChI is InChI=1S/C13H8BNO3/c15-7-8-2-1-3-11-13(8)10-5-4-9(14(16)17)6-12(10)18-11/h1-6,16-17H. The number of nitrogens with zero attached hydrogens (tertiary/aromatic N) is 1. The summed E-state index contributed by atoms with van der Waals surface area (Å²) in [7, 11) is -1.53. The van der Waals surface area contributed by atoms with Crippen LogP contribution in [-0.2, 0) is 0 Å². The molecule has 0 bridgehead atoms. The summed E-state index contributed by atoms with van der Waals surface area (Å²) >= 11 is 0. The van der Waals surface area contributed by atoms with Crippen molar-refractivity contribution >= 4 is 34.5 Å². The summed E-state index contributed by atoms with van der Waals surface area (Å²) in [6.45, 7) is 0. The first kappa shape index (κ1) is 10.8. The lowest BCUT2D eigenvalue weighted by atomic mass is 9.80. The third kappa shape index (κ3) is 1.48. The normalized spacial score (nSPS) is 10.7. The van der Waals surface area contributed by atoms with E-state index < -0.39 is 7.12 Å². The van der Waals surface area contributed by atoms with E-state index in [2.05, 4.69) is 6.07 Å². The quantitative estimate of drug-likeness (QED) is 0.622. The molecule has 1 heterocycles. The van der Waals surface area contributed by atoms with Crippen molar-refractivity contribution < 1.29 is 14.5 Å². The van der Waals surface area contributed by atoms with Gasteiger partial charge in [0.25, 0.3) is 0 Å². The fourth-order valence-corrected chi connectivity index (χ4v) is 2.10. The van der Waals surface area contributed by atoms with Gasteiger partial charge in [-0.2, -0.15) is 5.26 Å². The van der Waals surface area contributed by atoms with Gasteiger partial charge < -0.3 is 14.5 Å². The second-order valence-electron chi connectivity index (χ2n) is 4.02. The zero-order valence-corrected chi connectivity index (χ0v) is 9.29. The zero-order chi connectivity index (χ0) is 12.7. The summed E-state index contributed by atoms with van der Waals surface area (Å²) in [6, 6.07) is 12.3. The van der Waals surface area contributed by atoms with Gasteiger partial charge in [0.05, 0.1) is 11.6 Å². The Balaban J connectivity index is 2.42. The molecule has 0 saturated carbocycles. The molecule has 2 aromatic carbocycles. The van der Waals surface area contributed by atoms with Gasteiger partial charge in [-0.1, -0.05) is 18.2 Å². The van der Waals surface area contributed by atoms with Crippen molar-refractivity contribution in [3.8, 4) is 6.07 Å². The van der Waals surface area contributed by atoms with Gasteiger partial charge in [-0.3, -0.25) is 0 Å². The smallest absolute Gasteiger partial charge is 0.456 e. The van der Waals surface area contributed by atoms with Crippen LogP contribution in [0.1, 0.15) is 5.56 Å². The summed E-state index contributed by atoms with van der Waals surface area (Å²) in [5.74, 6) is 0. The van der Waals surface area contributed by atoms with Crippen molar-refractivity contribution in [1.29, 1.82) is 5.26 Å². The molecule has 2 N–H and O–H groups in total. The van der Waals surface area contributed by atoms with E-state index in [1.165, 1.54) is 0 Å². The minimum Gasteiger partial charge on any atom is -0.456 e. The van der Waals surface area contributed by atoms with Crippen LogP contribution in [0.15, 0.2) is 40.8 Å². The molecule has 86 valence electrons. The van der Waals surface area contributed by atoms with E-state index in [1.54, 1.807) is 36.4 Å². The molecule has 0 aliphatic carbocycles. The third-order valence-electron chi connectivity index (χ3n) is 2.94. The topological polar surface area (TPSA) is 77.4 Å². The largest absolute Gasteiger partial charge is 0.488 e.